The fourth-order valence-electron chi connectivity index (χ4n) is 4.45. The van der Waals surface area contributed by atoms with Gasteiger partial charge < -0.3 is 20.0 Å². The molecule has 4 rings (SSSR count). The van der Waals surface area contributed by atoms with Crippen molar-refractivity contribution in [1.29, 1.82) is 0 Å². The highest BCUT2D eigenvalue weighted by atomic mass is 35.5. The summed E-state index contributed by atoms with van der Waals surface area (Å²) in [6.45, 7) is 4.92. The number of morpholine rings is 1. The van der Waals surface area contributed by atoms with Crippen molar-refractivity contribution in [3.63, 3.8) is 0 Å². The molecule has 1 saturated heterocycles. The highest BCUT2D eigenvalue weighted by molar-refractivity contribution is 5.89. The van der Waals surface area contributed by atoms with Gasteiger partial charge in [-0.2, -0.15) is 5.10 Å². The third-order valence-corrected chi connectivity index (χ3v) is 6.13. The van der Waals surface area contributed by atoms with Crippen LogP contribution < -0.4 is 16.8 Å². The van der Waals surface area contributed by atoms with Gasteiger partial charge in [-0.05, 0) is 24.6 Å². The quantitative estimate of drug-likeness (QED) is 0.259. The maximum atomic E-state index is 13.3. The normalized spacial score (nSPS) is 16.3. The van der Waals surface area contributed by atoms with E-state index in [1.807, 2.05) is 30.3 Å². The van der Waals surface area contributed by atoms with E-state index in [2.05, 4.69) is 15.4 Å². The Hall–Kier alpha value is -3.40. The third-order valence-electron chi connectivity index (χ3n) is 6.13. The van der Waals surface area contributed by atoms with E-state index in [4.69, 9.17) is 14.9 Å². The van der Waals surface area contributed by atoms with Gasteiger partial charge in [-0.1, -0.05) is 42.5 Å². The Balaban J connectivity index is 0.00000342. The van der Waals surface area contributed by atoms with E-state index in [1.165, 1.54) is 0 Å². The van der Waals surface area contributed by atoms with Crippen molar-refractivity contribution in [1.82, 2.24) is 10.3 Å². The van der Waals surface area contributed by atoms with Crippen LogP contribution >= 0.6 is 12.4 Å². The summed E-state index contributed by atoms with van der Waals surface area (Å²) in [4.78, 5) is 26.8. The molecule has 2 heterocycles. The largest absolute Gasteiger partial charge is 0.507 e. The van der Waals surface area contributed by atoms with Gasteiger partial charge >= 0.3 is 11.7 Å². The minimum atomic E-state index is -0.784. The first-order valence-corrected chi connectivity index (χ1v) is 11.1. The molecule has 4 N–H and O–H groups in total. The molecular formula is C25H29ClN4O5. The summed E-state index contributed by atoms with van der Waals surface area (Å²) in [5.41, 5.74) is 8.76. The Morgan fingerprint density at radius 1 is 1.14 bits per heavy atom. The van der Waals surface area contributed by atoms with Crippen LogP contribution in [0.25, 0.3) is 11.0 Å². The zero-order chi connectivity index (χ0) is 24.1. The number of halogens is 1. The summed E-state index contributed by atoms with van der Waals surface area (Å²) >= 11 is 0. The second kappa shape index (κ2) is 11.8. The summed E-state index contributed by atoms with van der Waals surface area (Å²) in [7, 11) is 0. The molecule has 0 radical (unpaired) electrons. The van der Waals surface area contributed by atoms with Crippen LogP contribution in [0.15, 0.2) is 68.9 Å². The summed E-state index contributed by atoms with van der Waals surface area (Å²) in [6.07, 6.45) is 0. The SMILES string of the molecule is C/C(=N\NC(N)=O)C(CN1CCOCC1)C(c1ccccc1)c1c(O)c2ccccc2oc1=O.Cl. The van der Waals surface area contributed by atoms with E-state index in [0.717, 1.165) is 5.56 Å². The molecule has 186 valence electrons. The first-order valence-electron chi connectivity index (χ1n) is 11.1. The number of urea groups is 1. The third kappa shape index (κ3) is 6.00. The average Bonchev–Trinajstić information content (AvgIpc) is 2.85. The molecule has 2 amide bonds. The maximum absolute atomic E-state index is 13.3. The van der Waals surface area contributed by atoms with Crippen LogP contribution in [0.4, 0.5) is 4.79 Å². The number of hydrazone groups is 1. The molecular weight excluding hydrogens is 472 g/mol. The average molecular weight is 501 g/mol. The number of nitrogens with zero attached hydrogens (tertiary/aromatic N) is 2. The number of fused-ring (bicyclic) bond motifs is 1. The topological polar surface area (TPSA) is 130 Å². The van der Waals surface area contributed by atoms with Crippen molar-refractivity contribution in [3.8, 4) is 5.75 Å². The van der Waals surface area contributed by atoms with Gasteiger partial charge in [-0.15, -0.1) is 12.4 Å². The van der Waals surface area contributed by atoms with Crippen LogP contribution in [0.5, 0.6) is 5.75 Å². The number of para-hydroxylation sites is 1. The summed E-state index contributed by atoms with van der Waals surface area (Å²) in [5.74, 6) is -1.10. The van der Waals surface area contributed by atoms with E-state index < -0.39 is 17.6 Å². The van der Waals surface area contributed by atoms with Gasteiger partial charge in [0.25, 0.3) is 0 Å². The molecule has 1 aromatic heterocycles. The molecule has 0 aliphatic carbocycles. The minimum absolute atomic E-state index is 0. The monoisotopic (exact) mass is 500 g/mol. The van der Waals surface area contributed by atoms with Crippen LogP contribution in [0, 0.1) is 5.92 Å². The number of nitrogens with two attached hydrogens (primary N) is 1. The highest BCUT2D eigenvalue weighted by Crippen LogP contribution is 2.39. The molecule has 3 aromatic rings. The number of carbonyl (C=O) groups excluding carboxylic acids is 1. The second-order valence-corrected chi connectivity index (χ2v) is 8.29. The number of primary amides is 1. The van der Waals surface area contributed by atoms with Gasteiger partial charge in [0.2, 0.25) is 0 Å². The van der Waals surface area contributed by atoms with Crippen LogP contribution in [-0.2, 0) is 4.74 Å². The van der Waals surface area contributed by atoms with Gasteiger partial charge in [-0.25, -0.2) is 15.0 Å². The number of benzene rings is 2. The molecule has 9 nitrogen and oxygen atoms in total. The molecule has 0 saturated carbocycles. The van der Waals surface area contributed by atoms with Gasteiger partial charge in [0.15, 0.2) is 0 Å². The Bertz CT molecular complexity index is 1240. The predicted octanol–water partition coefficient (Wildman–Crippen LogP) is 3.04. The molecule has 1 aliphatic rings. The zero-order valence-electron chi connectivity index (χ0n) is 19.3. The summed E-state index contributed by atoms with van der Waals surface area (Å²) < 4.78 is 11.1. The van der Waals surface area contributed by atoms with Crippen LogP contribution in [0.1, 0.15) is 24.0 Å². The number of rotatable bonds is 7. The fourth-order valence-corrected chi connectivity index (χ4v) is 4.45. The van der Waals surface area contributed by atoms with Crippen LogP contribution in [0.3, 0.4) is 0 Å². The zero-order valence-corrected chi connectivity index (χ0v) is 20.2. The molecule has 2 aromatic carbocycles. The molecule has 1 aliphatic heterocycles. The number of amides is 2. The number of nitrogens with one attached hydrogen (secondary N) is 1. The lowest BCUT2D eigenvalue weighted by molar-refractivity contribution is 0.0335. The number of ether oxygens (including phenoxy) is 1. The predicted molar refractivity (Wildman–Crippen MR) is 136 cm³/mol. The van der Waals surface area contributed by atoms with Gasteiger partial charge in [-0.3, -0.25) is 4.90 Å². The highest BCUT2D eigenvalue weighted by Gasteiger charge is 2.35. The van der Waals surface area contributed by atoms with Crippen molar-refractivity contribution >= 4 is 35.1 Å². The van der Waals surface area contributed by atoms with E-state index >= 15 is 0 Å². The number of aromatic hydroxyl groups is 1. The first-order chi connectivity index (χ1) is 16.5. The lowest BCUT2D eigenvalue weighted by Crippen LogP contribution is -2.43. The van der Waals surface area contributed by atoms with E-state index in [9.17, 15) is 14.7 Å². The summed E-state index contributed by atoms with van der Waals surface area (Å²) in [6, 6.07) is 15.5. The lowest BCUT2D eigenvalue weighted by Gasteiger charge is -2.34. The van der Waals surface area contributed by atoms with Crippen LogP contribution in [-0.4, -0.2) is 54.6 Å². The van der Waals surface area contributed by atoms with Gasteiger partial charge in [0, 0.05) is 37.2 Å². The minimum Gasteiger partial charge on any atom is -0.507 e. The van der Waals surface area contributed by atoms with Crippen molar-refractivity contribution in [3.05, 3.63) is 76.1 Å². The van der Waals surface area contributed by atoms with Crippen molar-refractivity contribution in [2.24, 2.45) is 16.8 Å². The Morgan fingerprint density at radius 3 is 2.49 bits per heavy atom. The smallest absolute Gasteiger partial charge is 0.343 e. The van der Waals surface area contributed by atoms with Crippen molar-refractivity contribution < 1.29 is 19.1 Å². The molecule has 2 unspecified atom stereocenters. The molecule has 0 spiro atoms. The first kappa shape index (κ1) is 26.2. The van der Waals surface area contributed by atoms with Gasteiger partial charge in [0.05, 0.1) is 24.2 Å². The van der Waals surface area contributed by atoms with Crippen LogP contribution in [0.2, 0.25) is 0 Å². The molecule has 35 heavy (non-hydrogen) atoms. The molecule has 2 atom stereocenters. The second-order valence-electron chi connectivity index (χ2n) is 8.29. The maximum Gasteiger partial charge on any atom is 0.343 e. The van der Waals surface area contributed by atoms with E-state index in [-0.39, 0.29) is 29.6 Å². The molecule has 0 bridgehead atoms. The summed E-state index contributed by atoms with van der Waals surface area (Å²) in [5, 5.41) is 15.9. The Kier molecular flexibility index (Phi) is 8.86. The number of carbonyl (C=O) groups is 1. The van der Waals surface area contributed by atoms with E-state index in [0.29, 0.717) is 49.5 Å². The number of hydrogen-bond acceptors (Lipinski definition) is 7. The van der Waals surface area contributed by atoms with Crippen molar-refractivity contribution in [2.75, 3.05) is 32.8 Å². The van der Waals surface area contributed by atoms with Crippen molar-refractivity contribution in [2.45, 2.75) is 12.8 Å². The van der Waals surface area contributed by atoms with E-state index in [1.54, 1.807) is 31.2 Å². The standard InChI is InChI=1S/C25H28N4O5.ClH/c1-16(27-28-25(26)32)19(15-29-11-13-33-14-12-29)21(17-7-3-2-4-8-17)22-23(30)18-9-5-6-10-20(18)34-24(22)31;/h2-10,19,21,30H,11-15H2,1H3,(H3,26,28,32);1H/b27-16+;. The fraction of sp³-hybridized carbons (Fsp3) is 0.320. The van der Waals surface area contributed by atoms with Gasteiger partial charge in [0.1, 0.15) is 11.3 Å². The Morgan fingerprint density at radius 2 is 1.80 bits per heavy atom. The Labute approximate surface area is 209 Å². The molecule has 10 heteroatoms. The lowest BCUT2D eigenvalue weighted by atomic mass is 9.78. The number of hydrogen-bond donors (Lipinski definition) is 3. The molecule has 1 fully saturated rings.